The molecule has 1 saturated heterocycles. The Bertz CT molecular complexity index is 297. The van der Waals surface area contributed by atoms with Crippen molar-refractivity contribution in [2.75, 3.05) is 13.1 Å². The molecule has 0 bridgehead atoms. The van der Waals surface area contributed by atoms with Crippen LogP contribution in [-0.2, 0) is 0 Å². The lowest BCUT2D eigenvalue weighted by atomic mass is 9.81. The zero-order chi connectivity index (χ0) is 13.5. The molecule has 110 valence electrons. The van der Waals surface area contributed by atoms with E-state index in [1.54, 1.807) is 0 Å². The SMILES string of the molecule is CC(C)(C)C1CNC(C2CC2)CN1C1CCCCC1. The summed E-state index contributed by atoms with van der Waals surface area (Å²) in [6.45, 7) is 9.80. The summed E-state index contributed by atoms with van der Waals surface area (Å²) in [5, 5.41) is 3.87. The van der Waals surface area contributed by atoms with Gasteiger partial charge in [0.1, 0.15) is 0 Å². The van der Waals surface area contributed by atoms with Gasteiger partial charge in [0.05, 0.1) is 0 Å². The molecule has 2 heteroatoms. The molecule has 0 aromatic heterocycles. The van der Waals surface area contributed by atoms with Crippen LogP contribution >= 0.6 is 0 Å². The molecule has 1 heterocycles. The lowest BCUT2D eigenvalue weighted by Gasteiger charge is -2.50. The number of nitrogens with zero attached hydrogens (tertiary/aromatic N) is 1. The molecule has 3 aliphatic rings. The maximum Gasteiger partial charge on any atom is 0.0272 e. The highest BCUT2D eigenvalue weighted by Crippen LogP contribution is 2.38. The van der Waals surface area contributed by atoms with E-state index >= 15 is 0 Å². The van der Waals surface area contributed by atoms with Crippen LogP contribution in [0.2, 0.25) is 0 Å². The molecule has 2 aliphatic carbocycles. The molecule has 2 atom stereocenters. The fraction of sp³-hybridized carbons (Fsp3) is 1.00. The second kappa shape index (κ2) is 5.37. The Hall–Kier alpha value is -0.0800. The topological polar surface area (TPSA) is 15.3 Å². The van der Waals surface area contributed by atoms with Crippen LogP contribution in [0.1, 0.15) is 65.7 Å². The molecule has 0 aromatic carbocycles. The smallest absolute Gasteiger partial charge is 0.0272 e. The maximum absolute atomic E-state index is 3.87. The van der Waals surface area contributed by atoms with Gasteiger partial charge in [-0.3, -0.25) is 4.90 Å². The van der Waals surface area contributed by atoms with Crippen LogP contribution in [0.3, 0.4) is 0 Å². The van der Waals surface area contributed by atoms with Gasteiger partial charge in [-0.25, -0.2) is 0 Å². The van der Waals surface area contributed by atoms with Gasteiger partial charge < -0.3 is 5.32 Å². The molecule has 3 rings (SSSR count). The molecule has 19 heavy (non-hydrogen) atoms. The Morgan fingerprint density at radius 1 is 0.947 bits per heavy atom. The highest BCUT2D eigenvalue weighted by Gasteiger charge is 2.42. The van der Waals surface area contributed by atoms with Crippen molar-refractivity contribution in [2.24, 2.45) is 11.3 Å². The van der Waals surface area contributed by atoms with E-state index in [1.807, 2.05) is 0 Å². The maximum atomic E-state index is 3.87. The van der Waals surface area contributed by atoms with E-state index < -0.39 is 0 Å². The third kappa shape index (κ3) is 3.16. The number of hydrogen-bond acceptors (Lipinski definition) is 2. The van der Waals surface area contributed by atoms with Crippen molar-refractivity contribution in [2.45, 2.75) is 83.8 Å². The Balaban J connectivity index is 1.71. The summed E-state index contributed by atoms with van der Waals surface area (Å²) in [7, 11) is 0. The van der Waals surface area contributed by atoms with Crippen LogP contribution in [0, 0.1) is 11.3 Å². The van der Waals surface area contributed by atoms with Gasteiger partial charge in [-0.05, 0) is 37.0 Å². The van der Waals surface area contributed by atoms with Crippen molar-refractivity contribution in [3.63, 3.8) is 0 Å². The minimum atomic E-state index is 0.402. The van der Waals surface area contributed by atoms with Gasteiger partial charge in [0.15, 0.2) is 0 Å². The van der Waals surface area contributed by atoms with Gasteiger partial charge in [0, 0.05) is 31.2 Å². The van der Waals surface area contributed by atoms with Crippen molar-refractivity contribution in [3.05, 3.63) is 0 Å². The number of hydrogen-bond donors (Lipinski definition) is 1. The molecule has 0 radical (unpaired) electrons. The minimum absolute atomic E-state index is 0.402. The molecule has 0 spiro atoms. The molecular weight excluding hydrogens is 232 g/mol. The van der Waals surface area contributed by atoms with E-state index in [9.17, 15) is 0 Å². The zero-order valence-electron chi connectivity index (χ0n) is 13.1. The Kier molecular flexibility index (Phi) is 3.92. The second-order valence-electron chi connectivity index (χ2n) is 8.22. The van der Waals surface area contributed by atoms with E-state index in [2.05, 4.69) is 31.0 Å². The predicted molar refractivity (Wildman–Crippen MR) is 81.3 cm³/mol. The van der Waals surface area contributed by atoms with Crippen molar-refractivity contribution >= 4 is 0 Å². The van der Waals surface area contributed by atoms with E-state index in [0.717, 1.165) is 24.0 Å². The number of piperazine rings is 1. The average molecular weight is 264 g/mol. The minimum Gasteiger partial charge on any atom is -0.311 e. The molecule has 1 aliphatic heterocycles. The van der Waals surface area contributed by atoms with Crippen LogP contribution < -0.4 is 5.32 Å². The van der Waals surface area contributed by atoms with Gasteiger partial charge in [-0.2, -0.15) is 0 Å². The lowest BCUT2D eigenvalue weighted by Crippen LogP contribution is -2.63. The Labute approximate surface area is 119 Å². The van der Waals surface area contributed by atoms with Crippen LogP contribution in [-0.4, -0.2) is 36.1 Å². The van der Waals surface area contributed by atoms with Crippen LogP contribution in [0.5, 0.6) is 0 Å². The first kappa shape index (κ1) is 13.9. The lowest BCUT2D eigenvalue weighted by molar-refractivity contribution is 0.00459. The first-order chi connectivity index (χ1) is 9.05. The number of nitrogens with one attached hydrogen (secondary N) is 1. The van der Waals surface area contributed by atoms with Crippen molar-refractivity contribution in [1.82, 2.24) is 10.2 Å². The molecule has 0 aromatic rings. The Morgan fingerprint density at radius 2 is 1.63 bits per heavy atom. The third-order valence-electron chi connectivity index (χ3n) is 5.62. The fourth-order valence-corrected chi connectivity index (χ4v) is 4.23. The van der Waals surface area contributed by atoms with Crippen molar-refractivity contribution < 1.29 is 0 Å². The fourth-order valence-electron chi connectivity index (χ4n) is 4.23. The molecule has 3 fully saturated rings. The van der Waals surface area contributed by atoms with Crippen LogP contribution in [0.15, 0.2) is 0 Å². The highest BCUT2D eigenvalue weighted by atomic mass is 15.3. The van der Waals surface area contributed by atoms with Crippen molar-refractivity contribution in [1.29, 1.82) is 0 Å². The summed E-state index contributed by atoms with van der Waals surface area (Å²) < 4.78 is 0. The zero-order valence-corrected chi connectivity index (χ0v) is 13.1. The highest BCUT2D eigenvalue weighted by molar-refractivity contribution is 4.99. The van der Waals surface area contributed by atoms with Crippen molar-refractivity contribution in [3.8, 4) is 0 Å². The van der Waals surface area contributed by atoms with Crippen LogP contribution in [0.25, 0.3) is 0 Å². The molecule has 0 amide bonds. The van der Waals surface area contributed by atoms with Gasteiger partial charge in [0.25, 0.3) is 0 Å². The summed E-state index contributed by atoms with van der Waals surface area (Å²) in [4.78, 5) is 2.92. The van der Waals surface area contributed by atoms with Crippen LogP contribution in [0.4, 0.5) is 0 Å². The monoisotopic (exact) mass is 264 g/mol. The third-order valence-corrected chi connectivity index (χ3v) is 5.62. The summed E-state index contributed by atoms with van der Waals surface area (Å²) >= 11 is 0. The standard InChI is InChI=1S/C17H32N2/c1-17(2,3)16-11-18-15(13-9-10-13)12-19(16)14-7-5-4-6-8-14/h13-16,18H,4-12H2,1-3H3. The van der Waals surface area contributed by atoms with Gasteiger partial charge in [0.2, 0.25) is 0 Å². The average Bonchev–Trinajstić information content (AvgIpc) is 3.22. The van der Waals surface area contributed by atoms with E-state index in [0.29, 0.717) is 5.41 Å². The number of rotatable bonds is 2. The second-order valence-corrected chi connectivity index (χ2v) is 8.22. The summed E-state index contributed by atoms with van der Waals surface area (Å²) in [6.07, 6.45) is 10.2. The Morgan fingerprint density at radius 3 is 2.21 bits per heavy atom. The first-order valence-corrected chi connectivity index (χ1v) is 8.55. The van der Waals surface area contributed by atoms with E-state index in [4.69, 9.17) is 0 Å². The first-order valence-electron chi connectivity index (χ1n) is 8.55. The van der Waals surface area contributed by atoms with Gasteiger partial charge >= 0.3 is 0 Å². The molecular formula is C17H32N2. The summed E-state index contributed by atoms with van der Waals surface area (Å²) in [5.74, 6) is 0.993. The van der Waals surface area contributed by atoms with Gasteiger partial charge in [-0.15, -0.1) is 0 Å². The summed E-state index contributed by atoms with van der Waals surface area (Å²) in [5.41, 5.74) is 0.402. The van der Waals surface area contributed by atoms with E-state index in [1.165, 1.54) is 58.0 Å². The molecule has 2 unspecified atom stereocenters. The van der Waals surface area contributed by atoms with E-state index in [-0.39, 0.29) is 0 Å². The van der Waals surface area contributed by atoms with Gasteiger partial charge in [-0.1, -0.05) is 40.0 Å². The quantitative estimate of drug-likeness (QED) is 0.822. The molecule has 2 nitrogen and oxygen atoms in total. The molecule has 1 N–H and O–H groups in total. The molecule has 2 saturated carbocycles. The summed E-state index contributed by atoms with van der Waals surface area (Å²) in [6, 6.07) is 2.40. The normalized spacial score (nSPS) is 35.5. The predicted octanol–water partition coefficient (Wildman–Crippen LogP) is 3.42. The largest absolute Gasteiger partial charge is 0.311 e.